The molecule has 0 atom stereocenters. The molecule has 6 nitrogen and oxygen atoms in total. The topological polar surface area (TPSA) is 66.5 Å². The zero-order chi connectivity index (χ0) is 20.6. The van der Waals surface area contributed by atoms with Crippen molar-refractivity contribution in [2.24, 2.45) is 0 Å². The molecule has 0 aliphatic carbocycles. The van der Waals surface area contributed by atoms with Crippen molar-refractivity contribution in [1.82, 2.24) is 9.78 Å². The monoisotopic (exact) mass is 402 g/mol. The lowest BCUT2D eigenvalue weighted by atomic mass is 10.2. The van der Waals surface area contributed by atoms with Crippen LogP contribution in [0.15, 0.2) is 70.1 Å². The molecular formula is C20H13F3N2O4. The third kappa shape index (κ3) is 3.54. The molecule has 0 amide bonds. The van der Waals surface area contributed by atoms with Crippen molar-refractivity contribution in [3.63, 3.8) is 0 Å². The first kappa shape index (κ1) is 18.6. The molecule has 0 saturated carbocycles. The van der Waals surface area contributed by atoms with E-state index < -0.39 is 23.1 Å². The Hall–Kier alpha value is -3.75. The second-order valence-corrected chi connectivity index (χ2v) is 6.01. The molecule has 9 heteroatoms. The normalized spacial score (nSPS) is 11.6. The van der Waals surface area contributed by atoms with E-state index in [1.807, 2.05) is 6.07 Å². The third-order valence-electron chi connectivity index (χ3n) is 4.11. The summed E-state index contributed by atoms with van der Waals surface area (Å²) < 4.78 is 57.3. The van der Waals surface area contributed by atoms with Gasteiger partial charge in [-0.3, -0.25) is 4.79 Å². The molecule has 2 heterocycles. The molecule has 2 aromatic heterocycles. The summed E-state index contributed by atoms with van der Waals surface area (Å²) in [5.74, 6) is -2.27. The Bertz CT molecular complexity index is 1230. The van der Waals surface area contributed by atoms with Gasteiger partial charge >= 0.3 is 6.18 Å². The number of rotatable bonds is 4. The van der Waals surface area contributed by atoms with Gasteiger partial charge in [0.15, 0.2) is 5.75 Å². The van der Waals surface area contributed by atoms with Crippen LogP contribution in [0, 0.1) is 0 Å². The molecule has 2 aromatic carbocycles. The number of aromatic nitrogens is 2. The second kappa shape index (κ2) is 7.01. The number of halogens is 3. The van der Waals surface area contributed by atoms with Crippen LogP contribution in [0.3, 0.4) is 0 Å². The van der Waals surface area contributed by atoms with E-state index in [-0.39, 0.29) is 22.5 Å². The van der Waals surface area contributed by atoms with Gasteiger partial charge in [-0.25, -0.2) is 4.68 Å². The van der Waals surface area contributed by atoms with E-state index in [1.165, 1.54) is 42.4 Å². The van der Waals surface area contributed by atoms with Crippen LogP contribution >= 0.6 is 0 Å². The number of hydrogen-bond donors (Lipinski definition) is 0. The van der Waals surface area contributed by atoms with E-state index in [4.69, 9.17) is 13.9 Å². The molecule has 0 aliphatic rings. The van der Waals surface area contributed by atoms with Gasteiger partial charge in [0.2, 0.25) is 11.2 Å². The molecular weight excluding hydrogens is 389 g/mol. The molecule has 0 bridgehead atoms. The van der Waals surface area contributed by atoms with Gasteiger partial charge in [-0.15, -0.1) is 0 Å². The summed E-state index contributed by atoms with van der Waals surface area (Å²) in [7, 11) is 1.35. The van der Waals surface area contributed by atoms with Crippen molar-refractivity contribution in [3.05, 3.63) is 76.9 Å². The third-order valence-corrected chi connectivity index (χ3v) is 4.11. The van der Waals surface area contributed by atoms with Crippen LogP contribution in [0.1, 0.15) is 5.76 Å². The van der Waals surface area contributed by atoms with Crippen molar-refractivity contribution >= 4 is 11.0 Å². The smallest absolute Gasteiger partial charge is 0.453 e. The van der Waals surface area contributed by atoms with Crippen molar-refractivity contribution in [3.8, 4) is 22.9 Å². The van der Waals surface area contributed by atoms with E-state index in [1.54, 1.807) is 24.3 Å². The molecule has 0 fully saturated rings. The Labute approximate surface area is 161 Å². The minimum Gasteiger partial charge on any atom is -0.497 e. The van der Waals surface area contributed by atoms with Crippen LogP contribution in [0.5, 0.6) is 17.2 Å². The number of fused-ring (bicyclic) bond motifs is 1. The molecule has 0 N–H and O–H groups in total. The molecule has 0 unspecified atom stereocenters. The first-order valence-electron chi connectivity index (χ1n) is 8.37. The maximum atomic E-state index is 13.5. The molecule has 29 heavy (non-hydrogen) atoms. The highest BCUT2D eigenvalue weighted by atomic mass is 19.4. The number of alkyl halides is 3. The molecule has 0 spiro atoms. The number of ether oxygens (including phenoxy) is 2. The summed E-state index contributed by atoms with van der Waals surface area (Å²) in [5, 5.41) is 3.98. The highest BCUT2D eigenvalue weighted by Gasteiger charge is 2.40. The molecule has 4 rings (SSSR count). The van der Waals surface area contributed by atoms with E-state index in [0.717, 1.165) is 0 Å². The van der Waals surface area contributed by atoms with Crippen molar-refractivity contribution in [1.29, 1.82) is 0 Å². The lowest BCUT2D eigenvalue weighted by Crippen LogP contribution is -2.15. The zero-order valence-corrected chi connectivity index (χ0v) is 14.9. The lowest BCUT2D eigenvalue weighted by molar-refractivity contribution is -0.154. The lowest BCUT2D eigenvalue weighted by Gasteiger charge is -2.12. The van der Waals surface area contributed by atoms with Crippen LogP contribution in [-0.4, -0.2) is 16.9 Å². The standard InChI is InChI=1S/C20H13F3N2O4/c1-27-13-7-8-15-16(9-13)29-19(20(21,22)23)18(17(15)26)28-14-10-24-25(11-14)12-5-3-2-4-6-12/h2-11H,1H3. The fraction of sp³-hybridized carbons (Fsp3) is 0.100. The maximum absolute atomic E-state index is 13.5. The van der Waals surface area contributed by atoms with Gasteiger partial charge < -0.3 is 13.9 Å². The number of para-hydroxylation sites is 1. The fourth-order valence-electron chi connectivity index (χ4n) is 2.76. The largest absolute Gasteiger partial charge is 0.497 e. The quantitative estimate of drug-likeness (QED) is 0.491. The van der Waals surface area contributed by atoms with Crippen LogP contribution in [-0.2, 0) is 6.18 Å². The minimum absolute atomic E-state index is 0.0421. The summed E-state index contributed by atoms with van der Waals surface area (Å²) >= 11 is 0. The number of benzene rings is 2. The summed E-state index contributed by atoms with van der Waals surface area (Å²) in [6.07, 6.45) is -2.36. The SMILES string of the molecule is COc1ccc2c(=O)c(Oc3cnn(-c4ccccc4)c3)c(C(F)(F)F)oc2c1. The zero-order valence-electron chi connectivity index (χ0n) is 14.9. The Kier molecular flexibility index (Phi) is 4.50. The van der Waals surface area contributed by atoms with Crippen molar-refractivity contribution in [2.75, 3.05) is 7.11 Å². The van der Waals surface area contributed by atoms with E-state index in [2.05, 4.69) is 5.10 Å². The minimum atomic E-state index is -4.94. The van der Waals surface area contributed by atoms with E-state index in [9.17, 15) is 18.0 Å². The summed E-state index contributed by atoms with van der Waals surface area (Å²) in [4.78, 5) is 12.7. The second-order valence-electron chi connectivity index (χ2n) is 6.01. The van der Waals surface area contributed by atoms with Crippen LogP contribution in [0.25, 0.3) is 16.7 Å². The Morgan fingerprint density at radius 1 is 1.07 bits per heavy atom. The number of methoxy groups -OCH3 is 1. The van der Waals surface area contributed by atoms with Crippen molar-refractivity contribution in [2.45, 2.75) is 6.18 Å². The van der Waals surface area contributed by atoms with Gasteiger partial charge in [0.25, 0.3) is 5.76 Å². The summed E-state index contributed by atoms with van der Waals surface area (Å²) in [6, 6.07) is 12.9. The molecule has 4 aromatic rings. The average molecular weight is 402 g/mol. The Morgan fingerprint density at radius 2 is 1.83 bits per heavy atom. The highest BCUT2D eigenvalue weighted by Crippen LogP contribution is 2.38. The van der Waals surface area contributed by atoms with Crippen LogP contribution < -0.4 is 14.9 Å². The van der Waals surface area contributed by atoms with Gasteiger partial charge in [0.05, 0.1) is 30.6 Å². The maximum Gasteiger partial charge on any atom is 0.453 e. The average Bonchev–Trinajstić information content (AvgIpc) is 3.18. The Morgan fingerprint density at radius 3 is 2.52 bits per heavy atom. The van der Waals surface area contributed by atoms with Gasteiger partial charge in [-0.1, -0.05) is 18.2 Å². The van der Waals surface area contributed by atoms with E-state index >= 15 is 0 Å². The summed E-state index contributed by atoms with van der Waals surface area (Å²) in [5.41, 5.74) is -0.529. The molecule has 0 radical (unpaired) electrons. The number of nitrogens with zero attached hydrogens (tertiary/aromatic N) is 2. The Balaban J connectivity index is 1.82. The summed E-state index contributed by atoms with van der Waals surface area (Å²) in [6.45, 7) is 0. The van der Waals surface area contributed by atoms with Gasteiger partial charge in [0, 0.05) is 6.07 Å². The fourth-order valence-corrected chi connectivity index (χ4v) is 2.76. The predicted molar refractivity (Wildman–Crippen MR) is 97.7 cm³/mol. The van der Waals surface area contributed by atoms with Crippen molar-refractivity contribution < 1.29 is 27.1 Å². The molecule has 148 valence electrons. The van der Waals surface area contributed by atoms with Gasteiger partial charge in [-0.2, -0.15) is 18.3 Å². The van der Waals surface area contributed by atoms with Gasteiger partial charge in [-0.05, 0) is 24.3 Å². The van der Waals surface area contributed by atoms with Crippen LogP contribution in [0.4, 0.5) is 13.2 Å². The molecule has 0 aliphatic heterocycles. The van der Waals surface area contributed by atoms with E-state index in [0.29, 0.717) is 5.69 Å². The van der Waals surface area contributed by atoms with Crippen LogP contribution in [0.2, 0.25) is 0 Å². The highest BCUT2D eigenvalue weighted by molar-refractivity contribution is 5.79. The number of hydrogen-bond acceptors (Lipinski definition) is 5. The predicted octanol–water partition coefficient (Wildman–Crippen LogP) is 4.80. The first-order chi connectivity index (χ1) is 13.9. The van der Waals surface area contributed by atoms with Gasteiger partial charge in [0.1, 0.15) is 11.3 Å². The first-order valence-corrected chi connectivity index (χ1v) is 8.37. The molecule has 0 saturated heterocycles.